The van der Waals surface area contributed by atoms with Gasteiger partial charge in [0.2, 0.25) is 23.1 Å². The molecule has 566 valence electrons. The van der Waals surface area contributed by atoms with Crippen molar-refractivity contribution >= 4 is 46.3 Å². The second-order valence-electron chi connectivity index (χ2n) is 23.6. The minimum atomic E-state index is -0.133. The van der Waals surface area contributed by atoms with Gasteiger partial charge in [-0.25, -0.2) is 0 Å². The summed E-state index contributed by atoms with van der Waals surface area (Å²) in [5.74, 6) is 1.34. The van der Waals surface area contributed by atoms with Crippen LogP contribution < -0.4 is 42.5 Å². The summed E-state index contributed by atoms with van der Waals surface area (Å²) in [6, 6.07) is 20.7. The van der Waals surface area contributed by atoms with E-state index < -0.39 is 0 Å². The lowest BCUT2D eigenvalue weighted by Gasteiger charge is -2.18. The van der Waals surface area contributed by atoms with E-state index in [1.54, 1.807) is 129 Å². The van der Waals surface area contributed by atoms with Crippen molar-refractivity contribution in [3.8, 4) is 0 Å². The highest BCUT2D eigenvalue weighted by atomic mass is 16.4. The minimum absolute atomic E-state index is 0.0278. The van der Waals surface area contributed by atoms with Crippen LogP contribution in [0.5, 0.6) is 0 Å². The summed E-state index contributed by atoms with van der Waals surface area (Å²) in [5, 5.41) is 23.9. The van der Waals surface area contributed by atoms with Crippen LogP contribution in [0, 0.1) is 5.92 Å². The molecule has 0 aliphatic heterocycles. The first-order chi connectivity index (χ1) is 50.5. The zero-order chi connectivity index (χ0) is 77.7. The van der Waals surface area contributed by atoms with Gasteiger partial charge in [0, 0.05) is 149 Å². The van der Waals surface area contributed by atoms with Crippen LogP contribution in [0.25, 0.3) is 0 Å². The molecule has 0 radical (unpaired) electrons. The Hall–Kier alpha value is -12.1. The topological polar surface area (TPSA) is 338 Å². The molecule has 0 aliphatic rings. The molecule has 0 aliphatic carbocycles. The van der Waals surface area contributed by atoms with Gasteiger partial charge < -0.3 is 77.9 Å². The largest absolute Gasteiger partial charge is 0.472 e. The van der Waals surface area contributed by atoms with Crippen LogP contribution in [-0.4, -0.2) is 97.1 Å². The third-order valence-corrected chi connectivity index (χ3v) is 12.5. The lowest BCUT2D eigenvalue weighted by molar-refractivity contribution is 0.101. The fourth-order valence-corrected chi connectivity index (χ4v) is 6.81. The number of carbonyl (C=O) groups is 8. The van der Waals surface area contributed by atoms with E-state index in [1.807, 2.05) is 41.5 Å². The number of ketones is 8. The van der Waals surface area contributed by atoms with Gasteiger partial charge in [0.15, 0.2) is 46.2 Å². The van der Waals surface area contributed by atoms with E-state index in [4.69, 9.17) is 35.3 Å². The summed E-state index contributed by atoms with van der Waals surface area (Å²) in [6.07, 6.45) is 46.9. The molecule has 24 nitrogen and oxygen atoms in total. The maximum Gasteiger partial charge on any atom is 0.222 e. The Bertz CT molecular complexity index is 3770. The number of hydrogen-bond acceptors (Lipinski definition) is 24. The van der Waals surface area contributed by atoms with Crippen molar-refractivity contribution in [3.05, 3.63) is 291 Å². The van der Waals surface area contributed by atoms with Crippen molar-refractivity contribution in [2.75, 3.05) is 33.2 Å². The van der Waals surface area contributed by atoms with Crippen molar-refractivity contribution < 1.29 is 73.7 Å². The number of hydrogen-bond donors (Lipinski definition) is 8. The number of nitrogens with one attached hydrogen (secondary N) is 8. The van der Waals surface area contributed by atoms with Gasteiger partial charge in [-0.3, -0.25) is 38.4 Å². The average Bonchev–Trinajstić information content (AvgIpc) is 1.92. The lowest BCUT2D eigenvalue weighted by Crippen LogP contribution is -2.31. The Balaban J connectivity index is 0.000000601. The summed E-state index contributed by atoms with van der Waals surface area (Å²) < 4.78 is 38.9. The molecule has 105 heavy (non-hydrogen) atoms. The molecule has 8 heterocycles. The first-order valence-corrected chi connectivity index (χ1v) is 34.3. The molecular weight excluding hydrogens is 1340 g/mol. The van der Waals surface area contributed by atoms with Gasteiger partial charge in [-0.1, -0.05) is 41.0 Å². The third kappa shape index (κ3) is 46.9. The number of carbonyl (C=O) groups excluding carboxylic acids is 8. The number of unbranched alkanes of at least 4 members (excludes halogenated alkanes) is 1. The normalized spacial score (nSPS) is 11.2. The highest BCUT2D eigenvalue weighted by Crippen LogP contribution is 2.08. The minimum Gasteiger partial charge on any atom is -0.472 e. The van der Waals surface area contributed by atoms with Gasteiger partial charge in [0.25, 0.3) is 0 Å². The number of furan rings is 8. The highest BCUT2D eigenvalue weighted by Gasteiger charge is 2.10. The van der Waals surface area contributed by atoms with Crippen LogP contribution in [0.2, 0.25) is 0 Å². The van der Waals surface area contributed by atoms with Gasteiger partial charge in [-0.2, -0.15) is 0 Å². The molecule has 8 N–H and O–H groups in total. The third-order valence-electron chi connectivity index (χ3n) is 12.5. The molecule has 8 aromatic heterocycles. The maximum absolute atomic E-state index is 11.4. The van der Waals surface area contributed by atoms with Crippen molar-refractivity contribution in [1.29, 1.82) is 0 Å². The molecule has 1 atom stereocenters. The quantitative estimate of drug-likeness (QED) is 0.0104. The smallest absolute Gasteiger partial charge is 0.222 e. The molecule has 0 spiro atoms. The summed E-state index contributed by atoms with van der Waals surface area (Å²) in [4.78, 5) is 90.2. The molecule has 0 saturated heterocycles. The van der Waals surface area contributed by atoms with Crippen LogP contribution in [0.3, 0.4) is 0 Å². The first-order valence-electron chi connectivity index (χ1n) is 34.3. The Morgan fingerprint density at radius 1 is 0.390 bits per heavy atom. The molecule has 0 saturated carbocycles. The SMILES string of the molecule is CC(C)(C)N/C=C\C(=O)c1ccco1.CC(C)CN/C=C\C(=O)c1ccco1.CC(C)N/C=C\C(=O)c1ccoc1.CCC(C)N/C=C\C(=O)c1ccco1.CCCCN/C=C\C(=O)c1ccco1.CCCN/C=C\C(=O)c1ccoc1.CCN/C=C\C(=O)c1ccoc1.CN/C=C\C(=O)c1ccoc1. The second-order valence-corrected chi connectivity index (χ2v) is 23.6. The molecule has 0 bridgehead atoms. The van der Waals surface area contributed by atoms with E-state index in [0.717, 1.165) is 51.9 Å². The number of rotatable bonds is 35. The maximum atomic E-state index is 11.4. The molecule has 0 amide bonds. The summed E-state index contributed by atoms with van der Waals surface area (Å²) in [7, 11) is 1.74. The van der Waals surface area contributed by atoms with Gasteiger partial charge >= 0.3 is 0 Å². The second kappa shape index (κ2) is 57.5. The van der Waals surface area contributed by atoms with Crippen molar-refractivity contribution in [2.24, 2.45) is 5.92 Å². The monoisotopic (exact) mass is 1450 g/mol. The predicted octanol–water partition coefficient (Wildman–Crippen LogP) is 16.0. The zero-order valence-corrected chi connectivity index (χ0v) is 62.5. The van der Waals surface area contributed by atoms with Crippen molar-refractivity contribution in [1.82, 2.24) is 42.5 Å². The zero-order valence-electron chi connectivity index (χ0n) is 62.5. The molecule has 0 fully saturated rings. The Morgan fingerprint density at radius 2 is 0.733 bits per heavy atom. The highest BCUT2D eigenvalue weighted by molar-refractivity contribution is 6.06. The fraction of sp³-hybridized carbons (Fsp3) is 0.309. The van der Waals surface area contributed by atoms with Gasteiger partial charge in [0.1, 0.15) is 25.1 Å². The molecule has 0 aromatic carbocycles. The summed E-state index contributed by atoms with van der Waals surface area (Å²) in [5.41, 5.74) is 2.26. The van der Waals surface area contributed by atoms with Crippen LogP contribution in [0.15, 0.2) is 281 Å². The summed E-state index contributed by atoms with van der Waals surface area (Å²) >= 11 is 0. The van der Waals surface area contributed by atoms with E-state index in [-0.39, 0.29) is 51.8 Å². The fourth-order valence-electron chi connectivity index (χ4n) is 6.81. The average molecular weight is 1450 g/mol. The molecular formula is C81H106N8O16. The summed E-state index contributed by atoms with van der Waals surface area (Å²) in [6.45, 7) is 28.1. The van der Waals surface area contributed by atoms with Crippen molar-refractivity contribution in [3.63, 3.8) is 0 Å². The predicted molar refractivity (Wildman–Crippen MR) is 408 cm³/mol. The molecule has 8 rings (SSSR count). The molecule has 8 aromatic rings. The van der Waals surface area contributed by atoms with Crippen LogP contribution in [0.1, 0.15) is 192 Å². The first kappa shape index (κ1) is 90.9. The van der Waals surface area contributed by atoms with Gasteiger partial charge in [-0.15, -0.1) is 0 Å². The Kier molecular flexibility index (Phi) is 49.8. The molecule has 1 unspecified atom stereocenters. The number of allylic oxidation sites excluding steroid dienone is 8. The van der Waals surface area contributed by atoms with Crippen LogP contribution in [-0.2, 0) is 0 Å². The van der Waals surface area contributed by atoms with Gasteiger partial charge in [-0.05, 0) is 146 Å². The Morgan fingerprint density at radius 3 is 1.05 bits per heavy atom. The van der Waals surface area contributed by atoms with Crippen LogP contribution in [0.4, 0.5) is 0 Å². The van der Waals surface area contributed by atoms with E-state index >= 15 is 0 Å². The lowest BCUT2D eigenvalue weighted by atomic mass is 10.1. The molecule has 24 heteroatoms. The van der Waals surface area contributed by atoms with E-state index in [1.165, 1.54) is 124 Å². The standard InChI is InChI=1S/4C11H15NO2.2C10H13NO2.C9H11NO2.C8H9NO2/c1-11(2,3)12-7-6-9(13)10-5-4-8-14-10;1-9(2)8-12-6-5-10(13)11-4-3-7-14-11;1-3-9(2)12-7-6-10(13)11-5-4-8-14-11;1-2-3-7-12-8-6-10(13)11-5-4-9-14-11;1-8(2)11-5-3-10(12)9-4-6-13-7-9;1-2-5-11-6-3-10(12)9-4-7-13-8-9;1-2-10-5-3-9(11)8-4-6-12-7-8;1-9-4-2-8(10)7-3-5-11-6-7/h4-8,12H,1-3H3;3-7,9,12H,8H2,1-2H3;4-9,12H,3H2,1-2H3;4-6,8-9,12H,2-3,7H2,1H3;3-8,11H,1-2H3;3-4,6-8,11H,2,5H2,1H3;3-7,10H,2H2,1H3;2-6,9H,1H3/b7-6-;6-5-;7-6-;8-6-;5-3-;6-3-;5-3-;4-2-. The van der Waals surface area contributed by atoms with Gasteiger partial charge in [0.05, 0.1) is 72.4 Å². The van der Waals surface area contributed by atoms with E-state index in [0.29, 0.717) is 63.3 Å². The van der Waals surface area contributed by atoms with Crippen molar-refractivity contribution in [2.45, 2.75) is 126 Å². The van der Waals surface area contributed by atoms with E-state index in [9.17, 15) is 38.4 Å². The van der Waals surface area contributed by atoms with Crippen LogP contribution >= 0.6 is 0 Å². The van der Waals surface area contributed by atoms with E-state index in [2.05, 4.69) is 84.1 Å². The Labute approximate surface area is 616 Å².